The van der Waals surface area contributed by atoms with Crippen LogP contribution < -0.4 is 5.69 Å². The van der Waals surface area contributed by atoms with E-state index in [1.54, 1.807) is 17.0 Å². The van der Waals surface area contributed by atoms with Crippen molar-refractivity contribution < 1.29 is 0 Å². The molecule has 6 nitrogen and oxygen atoms in total. The Morgan fingerprint density at radius 3 is 2.29 bits per heavy atom. The Balaban J connectivity index is 1.37. The summed E-state index contributed by atoms with van der Waals surface area (Å²) in [4.78, 5) is 23.7. The molecule has 0 saturated heterocycles. The summed E-state index contributed by atoms with van der Waals surface area (Å²) in [6.07, 6.45) is 7.36. The summed E-state index contributed by atoms with van der Waals surface area (Å²) >= 11 is 0. The highest BCUT2D eigenvalue weighted by atomic mass is 16.1. The highest BCUT2D eigenvalue weighted by Gasteiger charge is 2.13. The fourth-order valence-corrected chi connectivity index (χ4v) is 3.70. The molecule has 0 amide bonds. The molecule has 2 aromatic carbocycles. The van der Waals surface area contributed by atoms with Gasteiger partial charge in [0, 0.05) is 43.4 Å². The van der Waals surface area contributed by atoms with Crippen LogP contribution in [0.2, 0.25) is 0 Å². The number of nitrogens with one attached hydrogen (secondary N) is 1. The van der Waals surface area contributed by atoms with Crippen LogP contribution in [0, 0.1) is 13.8 Å². The molecule has 154 valence electrons. The first-order chi connectivity index (χ1) is 15.1. The standard InChI is InChI=1S/C25H23N5O/c1-17-3-4-21(15-18(17)2)19-5-7-20(8-6-19)24-27-22-9-11-29(16-23(22)28-24)13-14-30-12-10-26-25(30)31/h3-12,15-16H,13-14H2,1-2H3,(H,26,31). The van der Waals surface area contributed by atoms with Crippen molar-refractivity contribution in [3.05, 3.63) is 94.9 Å². The summed E-state index contributed by atoms with van der Waals surface area (Å²) < 4.78 is 3.68. The normalized spacial score (nSPS) is 11.3. The predicted molar refractivity (Wildman–Crippen MR) is 122 cm³/mol. The van der Waals surface area contributed by atoms with E-state index in [0.29, 0.717) is 13.1 Å². The maximum absolute atomic E-state index is 11.6. The molecule has 0 atom stereocenters. The van der Waals surface area contributed by atoms with E-state index in [9.17, 15) is 4.79 Å². The van der Waals surface area contributed by atoms with Crippen molar-refractivity contribution in [2.45, 2.75) is 26.9 Å². The lowest BCUT2D eigenvalue weighted by atomic mass is 9.99. The Labute approximate surface area is 180 Å². The van der Waals surface area contributed by atoms with Crippen molar-refractivity contribution in [1.29, 1.82) is 0 Å². The topological polar surface area (TPSA) is 68.5 Å². The number of H-pyrrole nitrogens is 1. The van der Waals surface area contributed by atoms with Gasteiger partial charge in [-0.1, -0.05) is 42.5 Å². The third kappa shape index (κ3) is 3.80. The second-order valence-corrected chi connectivity index (χ2v) is 7.84. The Kier molecular flexibility index (Phi) is 4.75. The van der Waals surface area contributed by atoms with Crippen LogP contribution in [0.1, 0.15) is 11.1 Å². The molecule has 2 aliphatic heterocycles. The van der Waals surface area contributed by atoms with Crippen molar-refractivity contribution in [2.24, 2.45) is 0 Å². The molecule has 2 aliphatic rings. The number of fused-ring (bicyclic) bond motifs is 1. The second-order valence-electron chi connectivity index (χ2n) is 7.84. The van der Waals surface area contributed by atoms with E-state index >= 15 is 0 Å². The minimum atomic E-state index is -0.0960. The lowest BCUT2D eigenvalue weighted by Gasteiger charge is -2.07. The Bertz CT molecular complexity index is 1370. The van der Waals surface area contributed by atoms with E-state index in [0.717, 1.165) is 22.8 Å². The van der Waals surface area contributed by atoms with Crippen LogP contribution in [0.3, 0.4) is 0 Å². The lowest BCUT2D eigenvalue weighted by molar-refractivity contribution is 0.564. The number of aromatic nitrogens is 5. The molecule has 1 aromatic heterocycles. The fraction of sp³-hybridized carbons (Fsp3) is 0.160. The van der Waals surface area contributed by atoms with Gasteiger partial charge in [0.1, 0.15) is 5.69 Å². The number of imidazole rings is 2. The van der Waals surface area contributed by atoms with Gasteiger partial charge in [-0.3, -0.25) is 4.57 Å². The monoisotopic (exact) mass is 409 g/mol. The van der Waals surface area contributed by atoms with Crippen molar-refractivity contribution in [1.82, 2.24) is 24.1 Å². The summed E-state index contributed by atoms with van der Waals surface area (Å²) in [5.41, 5.74) is 7.60. The van der Waals surface area contributed by atoms with Crippen LogP contribution in [-0.4, -0.2) is 24.1 Å². The van der Waals surface area contributed by atoms with Crippen LogP contribution in [-0.2, 0) is 13.1 Å². The van der Waals surface area contributed by atoms with E-state index in [-0.39, 0.29) is 5.69 Å². The Morgan fingerprint density at radius 1 is 0.806 bits per heavy atom. The maximum Gasteiger partial charge on any atom is 0.325 e. The summed E-state index contributed by atoms with van der Waals surface area (Å²) in [6.45, 7) is 5.54. The first-order valence-electron chi connectivity index (χ1n) is 10.3. The van der Waals surface area contributed by atoms with Gasteiger partial charge < -0.3 is 9.55 Å². The van der Waals surface area contributed by atoms with Crippen molar-refractivity contribution >= 4 is 0 Å². The number of hydrogen-bond donors (Lipinski definition) is 1. The molecule has 6 heteroatoms. The summed E-state index contributed by atoms with van der Waals surface area (Å²) in [5.74, 6) is 0.723. The smallest absolute Gasteiger partial charge is 0.325 e. The SMILES string of the molecule is Cc1ccc(-c2ccc(-c3nc4ccn(CCn5cc[nH]c5=O)cc-4n3)cc2)cc1C. The molecular weight excluding hydrogens is 386 g/mol. The lowest BCUT2D eigenvalue weighted by Crippen LogP contribution is -2.19. The molecule has 0 aliphatic carbocycles. The summed E-state index contributed by atoms with van der Waals surface area (Å²) in [5, 5.41) is 0. The van der Waals surface area contributed by atoms with Crippen LogP contribution >= 0.6 is 0 Å². The third-order valence-electron chi connectivity index (χ3n) is 5.73. The number of aryl methyl sites for hydroxylation is 4. The highest BCUT2D eigenvalue weighted by Crippen LogP contribution is 2.28. The minimum Gasteiger partial charge on any atom is -0.350 e. The summed E-state index contributed by atoms with van der Waals surface area (Å²) in [7, 11) is 0. The average Bonchev–Trinajstić information content (AvgIpc) is 3.39. The predicted octanol–water partition coefficient (Wildman–Crippen LogP) is 4.52. The van der Waals surface area contributed by atoms with Gasteiger partial charge in [0.2, 0.25) is 0 Å². The summed E-state index contributed by atoms with van der Waals surface area (Å²) in [6, 6.07) is 16.9. The molecule has 0 bridgehead atoms. The minimum absolute atomic E-state index is 0.0960. The van der Waals surface area contributed by atoms with Gasteiger partial charge in [-0.2, -0.15) is 0 Å². The molecule has 0 radical (unpaired) electrons. The van der Waals surface area contributed by atoms with Crippen LogP contribution in [0.5, 0.6) is 0 Å². The van der Waals surface area contributed by atoms with E-state index in [1.165, 1.54) is 22.3 Å². The molecule has 0 fully saturated rings. The number of pyridine rings is 1. The molecule has 5 rings (SSSR count). The first-order valence-corrected chi connectivity index (χ1v) is 10.3. The molecule has 1 N–H and O–H groups in total. The number of nitrogens with zero attached hydrogens (tertiary/aromatic N) is 4. The van der Waals surface area contributed by atoms with Gasteiger partial charge in [-0.05, 0) is 42.2 Å². The largest absolute Gasteiger partial charge is 0.350 e. The second kappa shape index (κ2) is 7.72. The molecule has 0 spiro atoms. The average molecular weight is 409 g/mol. The molecule has 31 heavy (non-hydrogen) atoms. The van der Waals surface area contributed by atoms with Gasteiger partial charge in [-0.15, -0.1) is 0 Å². The molecule has 3 aromatic rings. The van der Waals surface area contributed by atoms with E-state index in [2.05, 4.69) is 61.3 Å². The zero-order valence-corrected chi connectivity index (χ0v) is 17.5. The van der Waals surface area contributed by atoms with Gasteiger partial charge in [0.25, 0.3) is 0 Å². The molecular formula is C25H23N5O. The zero-order valence-electron chi connectivity index (χ0n) is 17.5. The number of benzene rings is 2. The van der Waals surface area contributed by atoms with Gasteiger partial charge in [-0.25, -0.2) is 14.8 Å². The van der Waals surface area contributed by atoms with Crippen LogP contribution in [0.4, 0.5) is 0 Å². The van der Waals surface area contributed by atoms with Crippen LogP contribution in [0.25, 0.3) is 33.9 Å². The van der Waals surface area contributed by atoms with Crippen LogP contribution in [0.15, 0.2) is 78.1 Å². The fourth-order valence-electron chi connectivity index (χ4n) is 3.70. The number of hydrogen-bond acceptors (Lipinski definition) is 3. The first kappa shape index (κ1) is 19.1. The molecule has 3 heterocycles. The number of rotatable bonds is 5. The van der Waals surface area contributed by atoms with E-state index in [1.807, 2.05) is 23.0 Å². The van der Waals surface area contributed by atoms with Gasteiger partial charge in [0.05, 0.1) is 5.69 Å². The molecule has 0 saturated carbocycles. The van der Waals surface area contributed by atoms with Gasteiger partial charge >= 0.3 is 5.69 Å². The maximum atomic E-state index is 11.6. The third-order valence-corrected chi connectivity index (χ3v) is 5.73. The quantitative estimate of drug-likeness (QED) is 0.464. The van der Waals surface area contributed by atoms with E-state index < -0.39 is 0 Å². The van der Waals surface area contributed by atoms with Crippen molar-refractivity contribution in [3.8, 4) is 33.9 Å². The molecule has 0 unspecified atom stereocenters. The van der Waals surface area contributed by atoms with Crippen molar-refractivity contribution in [2.75, 3.05) is 0 Å². The Hall–Kier alpha value is -3.93. The number of aromatic amines is 1. The highest BCUT2D eigenvalue weighted by molar-refractivity contribution is 5.71. The van der Waals surface area contributed by atoms with E-state index in [4.69, 9.17) is 9.97 Å². The van der Waals surface area contributed by atoms with Gasteiger partial charge in [0.15, 0.2) is 5.82 Å². The van der Waals surface area contributed by atoms with Crippen molar-refractivity contribution in [3.63, 3.8) is 0 Å². The Morgan fingerprint density at radius 2 is 1.55 bits per heavy atom. The zero-order chi connectivity index (χ0) is 21.4.